The van der Waals surface area contributed by atoms with E-state index < -0.39 is 23.5 Å². The average Bonchev–Trinajstić information content (AvgIpc) is 3.35. The SMILES string of the molecule is CCCOc1cccc([C@H]2C(C(=O)c3ccc(C)o3)=C(O)C(=O)N2Cc2ccncc2)c1. The minimum atomic E-state index is -0.793. The van der Waals surface area contributed by atoms with Gasteiger partial charge in [0.2, 0.25) is 5.78 Å². The fourth-order valence-electron chi connectivity index (χ4n) is 3.76. The molecule has 1 aliphatic heterocycles. The maximum atomic E-state index is 13.3. The van der Waals surface area contributed by atoms with Gasteiger partial charge in [-0.3, -0.25) is 14.6 Å². The molecule has 0 aliphatic carbocycles. The molecule has 164 valence electrons. The summed E-state index contributed by atoms with van der Waals surface area (Å²) in [7, 11) is 0. The van der Waals surface area contributed by atoms with Crippen molar-refractivity contribution in [2.75, 3.05) is 6.61 Å². The van der Waals surface area contributed by atoms with Crippen LogP contribution in [0, 0.1) is 6.92 Å². The van der Waals surface area contributed by atoms with E-state index in [0.717, 1.165) is 12.0 Å². The molecule has 0 bridgehead atoms. The summed E-state index contributed by atoms with van der Waals surface area (Å²) < 4.78 is 11.3. The highest BCUT2D eigenvalue weighted by Gasteiger charge is 2.44. The molecule has 3 aromatic rings. The molecule has 2 aromatic heterocycles. The number of rotatable bonds is 8. The number of ether oxygens (including phenoxy) is 1. The van der Waals surface area contributed by atoms with Crippen LogP contribution in [0.15, 0.2) is 76.7 Å². The van der Waals surface area contributed by atoms with Gasteiger partial charge in [-0.25, -0.2) is 0 Å². The fraction of sp³-hybridized carbons (Fsp3) is 0.240. The molecular formula is C25H24N2O5. The van der Waals surface area contributed by atoms with Gasteiger partial charge in [-0.2, -0.15) is 0 Å². The van der Waals surface area contributed by atoms with Gasteiger partial charge < -0.3 is 19.2 Å². The number of pyridine rings is 1. The molecule has 1 amide bonds. The van der Waals surface area contributed by atoms with Crippen molar-refractivity contribution in [2.24, 2.45) is 0 Å². The van der Waals surface area contributed by atoms with Gasteiger partial charge in [-0.15, -0.1) is 0 Å². The molecule has 1 atom stereocenters. The molecule has 0 radical (unpaired) electrons. The number of furan rings is 1. The zero-order chi connectivity index (χ0) is 22.7. The number of ketones is 1. The lowest BCUT2D eigenvalue weighted by Gasteiger charge is -2.27. The van der Waals surface area contributed by atoms with Crippen LogP contribution in [-0.2, 0) is 11.3 Å². The zero-order valence-electron chi connectivity index (χ0n) is 17.9. The predicted octanol–water partition coefficient (Wildman–Crippen LogP) is 4.55. The van der Waals surface area contributed by atoms with Crippen molar-refractivity contribution < 1.29 is 23.8 Å². The number of hydrogen-bond donors (Lipinski definition) is 1. The Balaban J connectivity index is 1.78. The van der Waals surface area contributed by atoms with E-state index in [1.165, 1.54) is 4.90 Å². The summed E-state index contributed by atoms with van der Waals surface area (Å²) in [6.45, 7) is 4.49. The van der Waals surface area contributed by atoms with Crippen molar-refractivity contribution in [1.82, 2.24) is 9.88 Å². The Morgan fingerprint density at radius 1 is 1.19 bits per heavy atom. The van der Waals surface area contributed by atoms with Gasteiger partial charge >= 0.3 is 0 Å². The molecule has 0 spiro atoms. The van der Waals surface area contributed by atoms with Crippen LogP contribution in [0.2, 0.25) is 0 Å². The third-order valence-corrected chi connectivity index (χ3v) is 5.26. The number of aryl methyl sites for hydroxylation is 1. The second-order valence-electron chi connectivity index (χ2n) is 7.61. The van der Waals surface area contributed by atoms with Crippen molar-refractivity contribution in [3.8, 4) is 5.75 Å². The number of nitrogens with zero attached hydrogens (tertiary/aromatic N) is 2. The number of amides is 1. The summed E-state index contributed by atoms with van der Waals surface area (Å²) in [6.07, 6.45) is 4.12. The minimum absolute atomic E-state index is 0.00829. The van der Waals surface area contributed by atoms with E-state index in [9.17, 15) is 14.7 Å². The lowest BCUT2D eigenvalue weighted by atomic mass is 9.94. The zero-order valence-corrected chi connectivity index (χ0v) is 17.9. The van der Waals surface area contributed by atoms with Crippen molar-refractivity contribution in [2.45, 2.75) is 32.9 Å². The molecule has 0 saturated heterocycles. The Bertz CT molecular complexity index is 1170. The maximum Gasteiger partial charge on any atom is 0.290 e. The normalized spacial score (nSPS) is 16.0. The van der Waals surface area contributed by atoms with E-state index in [0.29, 0.717) is 23.7 Å². The highest BCUT2D eigenvalue weighted by molar-refractivity contribution is 6.15. The molecule has 1 aromatic carbocycles. The number of carbonyl (C=O) groups is 2. The van der Waals surface area contributed by atoms with E-state index >= 15 is 0 Å². The lowest BCUT2D eigenvalue weighted by Crippen LogP contribution is -2.30. The molecule has 1 N–H and O–H groups in total. The molecule has 32 heavy (non-hydrogen) atoms. The Kier molecular flexibility index (Phi) is 6.07. The van der Waals surface area contributed by atoms with Gasteiger partial charge in [0.25, 0.3) is 5.91 Å². The summed E-state index contributed by atoms with van der Waals surface area (Å²) >= 11 is 0. The van der Waals surface area contributed by atoms with Crippen LogP contribution in [0.4, 0.5) is 0 Å². The van der Waals surface area contributed by atoms with Crippen LogP contribution >= 0.6 is 0 Å². The summed E-state index contributed by atoms with van der Waals surface area (Å²) in [5.41, 5.74) is 1.48. The van der Waals surface area contributed by atoms with E-state index in [-0.39, 0.29) is 17.9 Å². The highest BCUT2D eigenvalue weighted by Crippen LogP contribution is 2.40. The molecular weight excluding hydrogens is 408 g/mol. The van der Waals surface area contributed by atoms with Crippen LogP contribution < -0.4 is 4.74 Å². The van der Waals surface area contributed by atoms with Crippen molar-refractivity contribution in [3.05, 3.63) is 94.9 Å². The van der Waals surface area contributed by atoms with Gasteiger partial charge in [0.1, 0.15) is 11.5 Å². The number of hydrogen-bond acceptors (Lipinski definition) is 6. The number of aromatic nitrogens is 1. The predicted molar refractivity (Wildman–Crippen MR) is 117 cm³/mol. The van der Waals surface area contributed by atoms with E-state index in [4.69, 9.17) is 9.15 Å². The molecule has 4 rings (SSSR count). The Morgan fingerprint density at radius 2 is 1.97 bits per heavy atom. The maximum absolute atomic E-state index is 13.3. The summed E-state index contributed by atoms with van der Waals surface area (Å²) in [5, 5.41) is 10.8. The summed E-state index contributed by atoms with van der Waals surface area (Å²) in [5.74, 6) is -0.427. The highest BCUT2D eigenvalue weighted by atomic mass is 16.5. The van der Waals surface area contributed by atoms with Crippen LogP contribution in [0.1, 0.15) is 46.8 Å². The van der Waals surface area contributed by atoms with Crippen LogP contribution in [0.3, 0.4) is 0 Å². The second kappa shape index (κ2) is 9.09. The molecule has 7 nitrogen and oxygen atoms in total. The number of benzene rings is 1. The van der Waals surface area contributed by atoms with E-state index in [1.54, 1.807) is 49.6 Å². The molecule has 0 unspecified atom stereocenters. The largest absolute Gasteiger partial charge is 0.503 e. The lowest BCUT2D eigenvalue weighted by molar-refractivity contribution is -0.130. The summed E-state index contributed by atoms with van der Waals surface area (Å²) in [6, 6.07) is 13.3. The van der Waals surface area contributed by atoms with Gasteiger partial charge in [0.15, 0.2) is 11.5 Å². The van der Waals surface area contributed by atoms with Crippen LogP contribution in [-0.4, -0.2) is 33.3 Å². The number of aliphatic hydroxyl groups is 1. The van der Waals surface area contributed by atoms with Crippen molar-refractivity contribution >= 4 is 11.7 Å². The topological polar surface area (TPSA) is 92.9 Å². The Morgan fingerprint density at radius 3 is 2.66 bits per heavy atom. The number of aliphatic hydroxyl groups excluding tert-OH is 1. The van der Waals surface area contributed by atoms with Crippen LogP contribution in [0.5, 0.6) is 5.75 Å². The summed E-state index contributed by atoms with van der Waals surface area (Å²) in [4.78, 5) is 31.9. The first kappa shape index (κ1) is 21.4. The smallest absolute Gasteiger partial charge is 0.290 e. The Hall–Kier alpha value is -3.87. The first-order valence-electron chi connectivity index (χ1n) is 10.5. The number of carbonyl (C=O) groups excluding carboxylic acids is 2. The molecule has 1 aliphatic rings. The van der Waals surface area contributed by atoms with E-state index in [1.807, 2.05) is 25.1 Å². The van der Waals surface area contributed by atoms with Gasteiger partial charge in [0.05, 0.1) is 18.2 Å². The third kappa shape index (κ3) is 4.14. The quantitative estimate of drug-likeness (QED) is 0.525. The molecule has 0 saturated carbocycles. The monoisotopic (exact) mass is 432 g/mol. The molecule has 3 heterocycles. The first-order chi connectivity index (χ1) is 15.5. The first-order valence-corrected chi connectivity index (χ1v) is 10.5. The van der Waals surface area contributed by atoms with Crippen LogP contribution in [0.25, 0.3) is 0 Å². The van der Waals surface area contributed by atoms with Gasteiger partial charge in [0, 0.05) is 18.9 Å². The molecule has 0 fully saturated rings. The number of Topliss-reactive ketones (excluding diaryl/α,β-unsaturated/α-hetero) is 1. The van der Waals surface area contributed by atoms with Crippen molar-refractivity contribution in [3.63, 3.8) is 0 Å². The molecule has 7 heteroatoms. The third-order valence-electron chi connectivity index (χ3n) is 5.26. The van der Waals surface area contributed by atoms with Crippen molar-refractivity contribution in [1.29, 1.82) is 0 Å². The van der Waals surface area contributed by atoms with Gasteiger partial charge in [-0.1, -0.05) is 19.1 Å². The van der Waals surface area contributed by atoms with E-state index in [2.05, 4.69) is 4.98 Å². The second-order valence-corrected chi connectivity index (χ2v) is 7.61. The Labute approximate surface area is 186 Å². The fourth-order valence-corrected chi connectivity index (χ4v) is 3.76. The average molecular weight is 432 g/mol. The standard InChI is InChI=1S/C25H24N2O5/c1-3-13-31-19-6-4-5-18(14-19)22-21(23(28)20-8-7-16(2)32-20)24(29)25(30)27(22)15-17-9-11-26-12-10-17/h4-12,14,22,29H,3,13,15H2,1-2H3/t22-/m0/s1. The van der Waals surface area contributed by atoms with Gasteiger partial charge in [-0.05, 0) is 60.9 Å². The minimum Gasteiger partial charge on any atom is -0.503 e.